The van der Waals surface area contributed by atoms with Gasteiger partial charge in [0.25, 0.3) is 0 Å². The largest absolute Gasteiger partial charge is 0.395 e. The molecule has 0 aromatic rings. The third-order valence-electron chi connectivity index (χ3n) is 3.91. The summed E-state index contributed by atoms with van der Waals surface area (Å²) in [6.07, 6.45) is 5.89. The van der Waals surface area contributed by atoms with Crippen molar-refractivity contribution in [3.05, 3.63) is 0 Å². The van der Waals surface area contributed by atoms with E-state index in [0.717, 1.165) is 45.6 Å². The molecular formula is C14H28N2O3. The standard InChI is InChI=1S/C14H28N2O3/c17-9-7-16(12-13-4-3-6-15-13)8-11-19-14-5-1-2-10-18-14/h13-15,17H,1-12H2. The van der Waals surface area contributed by atoms with Gasteiger partial charge in [-0.05, 0) is 38.6 Å². The lowest BCUT2D eigenvalue weighted by Gasteiger charge is -2.27. The van der Waals surface area contributed by atoms with Gasteiger partial charge in [0.15, 0.2) is 6.29 Å². The molecule has 0 aromatic heterocycles. The van der Waals surface area contributed by atoms with Crippen LogP contribution in [-0.2, 0) is 9.47 Å². The molecule has 0 aliphatic carbocycles. The van der Waals surface area contributed by atoms with Crippen LogP contribution in [0.3, 0.4) is 0 Å². The van der Waals surface area contributed by atoms with Gasteiger partial charge in [-0.3, -0.25) is 4.90 Å². The van der Waals surface area contributed by atoms with Gasteiger partial charge in [-0.25, -0.2) is 0 Å². The van der Waals surface area contributed by atoms with E-state index in [2.05, 4.69) is 10.2 Å². The summed E-state index contributed by atoms with van der Waals surface area (Å²) in [5, 5.41) is 12.6. The molecule has 2 N–H and O–H groups in total. The zero-order chi connectivity index (χ0) is 13.3. The minimum atomic E-state index is -0.00525. The van der Waals surface area contributed by atoms with E-state index in [1.165, 1.54) is 19.3 Å². The van der Waals surface area contributed by atoms with E-state index in [0.29, 0.717) is 12.6 Å². The van der Waals surface area contributed by atoms with Crippen molar-refractivity contribution in [3.63, 3.8) is 0 Å². The van der Waals surface area contributed by atoms with Crippen molar-refractivity contribution < 1.29 is 14.6 Å². The van der Waals surface area contributed by atoms with Gasteiger partial charge in [-0.15, -0.1) is 0 Å². The molecule has 2 atom stereocenters. The molecule has 112 valence electrons. The van der Waals surface area contributed by atoms with Crippen LogP contribution in [0.1, 0.15) is 32.1 Å². The highest BCUT2D eigenvalue weighted by Gasteiger charge is 2.18. The molecule has 0 radical (unpaired) electrons. The number of hydrogen-bond donors (Lipinski definition) is 2. The molecular weight excluding hydrogens is 244 g/mol. The Morgan fingerprint density at radius 3 is 2.84 bits per heavy atom. The summed E-state index contributed by atoms with van der Waals surface area (Å²) in [6, 6.07) is 0.581. The number of aliphatic hydroxyl groups excluding tert-OH is 1. The summed E-state index contributed by atoms with van der Waals surface area (Å²) in [7, 11) is 0. The van der Waals surface area contributed by atoms with Crippen molar-refractivity contribution in [2.24, 2.45) is 0 Å². The molecule has 0 spiro atoms. The van der Waals surface area contributed by atoms with Gasteiger partial charge >= 0.3 is 0 Å². The number of ether oxygens (including phenoxy) is 2. The van der Waals surface area contributed by atoms with E-state index >= 15 is 0 Å². The number of nitrogens with zero attached hydrogens (tertiary/aromatic N) is 1. The second-order valence-electron chi connectivity index (χ2n) is 5.48. The molecule has 0 saturated carbocycles. The molecule has 0 aromatic carbocycles. The summed E-state index contributed by atoms with van der Waals surface area (Å²) >= 11 is 0. The number of rotatable bonds is 8. The van der Waals surface area contributed by atoms with Crippen LogP contribution in [0.5, 0.6) is 0 Å². The number of aliphatic hydroxyl groups is 1. The van der Waals surface area contributed by atoms with Gasteiger partial charge in [-0.2, -0.15) is 0 Å². The second kappa shape index (κ2) is 8.87. The Balaban J connectivity index is 1.61. The molecule has 2 heterocycles. The van der Waals surface area contributed by atoms with Crippen molar-refractivity contribution in [2.45, 2.75) is 44.4 Å². The topological polar surface area (TPSA) is 54.0 Å². The summed E-state index contributed by atoms with van der Waals surface area (Å²) in [5.41, 5.74) is 0. The fourth-order valence-corrected chi connectivity index (χ4v) is 2.82. The average Bonchev–Trinajstić information content (AvgIpc) is 2.93. The normalized spacial score (nSPS) is 28.1. The van der Waals surface area contributed by atoms with E-state index in [4.69, 9.17) is 14.6 Å². The van der Waals surface area contributed by atoms with Gasteiger partial charge in [-0.1, -0.05) is 0 Å². The summed E-state index contributed by atoms with van der Waals surface area (Å²) in [4.78, 5) is 2.28. The predicted octanol–water partition coefficient (Wildman–Crippen LogP) is 0.576. The van der Waals surface area contributed by atoms with Gasteiger partial charge in [0, 0.05) is 32.3 Å². The molecule has 5 heteroatoms. The first-order valence-electron chi connectivity index (χ1n) is 7.68. The van der Waals surface area contributed by atoms with E-state index < -0.39 is 0 Å². The number of nitrogens with one attached hydrogen (secondary N) is 1. The molecule has 19 heavy (non-hydrogen) atoms. The van der Waals surface area contributed by atoms with Gasteiger partial charge in [0.1, 0.15) is 0 Å². The third-order valence-corrected chi connectivity index (χ3v) is 3.91. The number of hydrogen-bond acceptors (Lipinski definition) is 5. The lowest BCUT2D eigenvalue weighted by Crippen LogP contribution is -2.41. The minimum Gasteiger partial charge on any atom is -0.395 e. The SMILES string of the molecule is OCCN(CCOC1CCCCO1)CC1CCCN1. The minimum absolute atomic E-state index is 0.00525. The summed E-state index contributed by atoms with van der Waals surface area (Å²) in [6.45, 7) is 5.48. The summed E-state index contributed by atoms with van der Waals surface area (Å²) < 4.78 is 11.3. The van der Waals surface area contributed by atoms with E-state index in [9.17, 15) is 0 Å². The first kappa shape index (κ1) is 15.2. The molecule has 2 aliphatic heterocycles. The van der Waals surface area contributed by atoms with Crippen LogP contribution in [0.25, 0.3) is 0 Å². The molecule has 2 aliphatic rings. The molecule has 0 bridgehead atoms. The van der Waals surface area contributed by atoms with Crippen LogP contribution < -0.4 is 5.32 Å². The Morgan fingerprint density at radius 2 is 2.16 bits per heavy atom. The van der Waals surface area contributed by atoms with Gasteiger partial charge in [0.2, 0.25) is 0 Å². The van der Waals surface area contributed by atoms with Crippen LogP contribution in [0.2, 0.25) is 0 Å². The highest BCUT2D eigenvalue weighted by molar-refractivity contribution is 4.77. The molecule has 2 unspecified atom stereocenters. The van der Waals surface area contributed by atoms with Gasteiger partial charge in [0.05, 0.1) is 13.2 Å². The fourth-order valence-electron chi connectivity index (χ4n) is 2.82. The van der Waals surface area contributed by atoms with Crippen molar-refractivity contribution >= 4 is 0 Å². The fraction of sp³-hybridized carbons (Fsp3) is 1.00. The Labute approximate surface area is 116 Å². The lowest BCUT2D eigenvalue weighted by molar-refractivity contribution is -0.164. The van der Waals surface area contributed by atoms with Crippen LogP contribution in [0.4, 0.5) is 0 Å². The van der Waals surface area contributed by atoms with Crippen LogP contribution >= 0.6 is 0 Å². The Hall–Kier alpha value is -0.200. The maximum absolute atomic E-state index is 9.13. The van der Waals surface area contributed by atoms with Crippen LogP contribution in [-0.4, -0.2) is 68.3 Å². The lowest BCUT2D eigenvalue weighted by atomic mass is 10.2. The monoisotopic (exact) mass is 272 g/mol. The van der Waals surface area contributed by atoms with Crippen LogP contribution in [0.15, 0.2) is 0 Å². The second-order valence-corrected chi connectivity index (χ2v) is 5.48. The quantitative estimate of drug-likeness (QED) is 0.677. The van der Waals surface area contributed by atoms with E-state index in [-0.39, 0.29) is 12.9 Å². The van der Waals surface area contributed by atoms with Crippen molar-refractivity contribution in [2.75, 3.05) is 46.0 Å². The molecule has 2 rings (SSSR count). The first-order valence-corrected chi connectivity index (χ1v) is 7.68. The highest BCUT2D eigenvalue weighted by atomic mass is 16.7. The molecule has 5 nitrogen and oxygen atoms in total. The van der Waals surface area contributed by atoms with Crippen molar-refractivity contribution in [1.82, 2.24) is 10.2 Å². The Bertz CT molecular complexity index is 229. The predicted molar refractivity (Wildman–Crippen MR) is 74.1 cm³/mol. The van der Waals surface area contributed by atoms with E-state index in [1.807, 2.05) is 0 Å². The Kier molecular flexibility index (Phi) is 7.09. The Morgan fingerprint density at radius 1 is 1.21 bits per heavy atom. The maximum atomic E-state index is 9.13. The molecule has 2 fully saturated rings. The molecule has 0 amide bonds. The van der Waals surface area contributed by atoms with E-state index in [1.54, 1.807) is 0 Å². The first-order chi connectivity index (χ1) is 9.38. The van der Waals surface area contributed by atoms with Crippen molar-refractivity contribution in [1.29, 1.82) is 0 Å². The van der Waals surface area contributed by atoms with Gasteiger partial charge < -0.3 is 19.9 Å². The zero-order valence-corrected chi connectivity index (χ0v) is 11.9. The average molecular weight is 272 g/mol. The maximum Gasteiger partial charge on any atom is 0.157 e. The van der Waals surface area contributed by atoms with Crippen molar-refractivity contribution in [3.8, 4) is 0 Å². The highest BCUT2D eigenvalue weighted by Crippen LogP contribution is 2.13. The summed E-state index contributed by atoms with van der Waals surface area (Å²) in [5.74, 6) is 0. The molecule has 2 saturated heterocycles. The smallest absolute Gasteiger partial charge is 0.157 e. The third kappa shape index (κ3) is 5.75. The zero-order valence-electron chi connectivity index (χ0n) is 11.9. The van der Waals surface area contributed by atoms with Crippen LogP contribution in [0, 0.1) is 0 Å².